The summed E-state index contributed by atoms with van der Waals surface area (Å²) >= 11 is 6.16. The van der Waals surface area contributed by atoms with E-state index in [1.807, 2.05) is 54.6 Å². The van der Waals surface area contributed by atoms with Gasteiger partial charge in [0.2, 0.25) is 0 Å². The van der Waals surface area contributed by atoms with Gasteiger partial charge in [0.15, 0.2) is 11.6 Å². The standard InChI is InChI=1S/C21H15ClN4/c22-15-11-12-18-19(13-15)24-21-20(23-18)25(16-7-3-1-4-8-16)14-26(21)17-9-5-2-6-10-17/h1-13H,14H2. The fourth-order valence-corrected chi connectivity index (χ4v) is 3.44. The summed E-state index contributed by atoms with van der Waals surface area (Å²) in [6, 6.07) is 26.1. The van der Waals surface area contributed by atoms with Gasteiger partial charge in [-0.05, 0) is 42.5 Å². The van der Waals surface area contributed by atoms with E-state index in [9.17, 15) is 0 Å². The maximum Gasteiger partial charge on any atom is 0.179 e. The van der Waals surface area contributed by atoms with Crippen molar-refractivity contribution >= 4 is 45.6 Å². The molecule has 0 fully saturated rings. The number of rotatable bonds is 2. The highest BCUT2D eigenvalue weighted by molar-refractivity contribution is 6.31. The summed E-state index contributed by atoms with van der Waals surface area (Å²) in [5.74, 6) is 1.70. The van der Waals surface area contributed by atoms with Crippen molar-refractivity contribution in [3.05, 3.63) is 83.9 Å². The van der Waals surface area contributed by atoms with Crippen LogP contribution >= 0.6 is 11.6 Å². The van der Waals surface area contributed by atoms with Crippen molar-refractivity contribution < 1.29 is 0 Å². The number of hydrogen-bond acceptors (Lipinski definition) is 4. The Hall–Kier alpha value is -3.11. The smallest absolute Gasteiger partial charge is 0.179 e. The Balaban J connectivity index is 1.73. The van der Waals surface area contributed by atoms with E-state index in [-0.39, 0.29) is 0 Å². The molecule has 0 aliphatic carbocycles. The zero-order chi connectivity index (χ0) is 17.5. The quantitative estimate of drug-likeness (QED) is 0.471. The average Bonchev–Trinajstić information content (AvgIpc) is 3.06. The third-order valence-corrected chi connectivity index (χ3v) is 4.76. The van der Waals surface area contributed by atoms with Crippen LogP contribution in [0.4, 0.5) is 23.0 Å². The molecule has 0 saturated heterocycles. The van der Waals surface area contributed by atoms with Crippen LogP contribution < -0.4 is 9.80 Å². The van der Waals surface area contributed by atoms with E-state index in [4.69, 9.17) is 21.6 Å². The topological polar surface area (TPSA) is 32.3 Å². The zero-order valence-electron chi connectivity index (χ0n) is 13.9. The van der Waals surface area contributed by atoms with E-state index in [0.29, 0.717) is 11.7 Å². The lowest BCUT2D eigenvalue weighted by atomic mass is 10.3. The third kappa shape index (κ3) is 2.47. The van der Waals surface area contributed by atoms with Crippen molar-refractivity contribution in [2.24, 2.45) is 0 Å². The molecule has 4 nitrogen and oxygen atoms in total. The van der Waals surface area contributed by atoms with E-state index >= 15 is 0 Å². The van der Waals surface area contributed by atoms with E-state index < -0.39 is 0 Å². The summed E-state index contributed by atoms with van der Waals surface area (Å²) in [6.07, 6.45) is 0. The van der Waals surface area contributed by atoms with Crippen molar-refractivity contribution in [3.63, 3.8) is 0 Å². The van der Waals surface area contributed by atoms with Crippen molar-refractivity contribution in [1.82, 2.24) is 9.97 Å². The molecule has 5 rings (SSSR count). The van der Waals surface area contributed by atoms with Gasteiger partial charge < -0.3 is 9.80 Å². The van der Waals surface area contributed by atoms with Crippen LogP contribution in [0.1, 0.15) is 0 Å². The second kappa shape index (κ2) is 6.00. The molecule has 3 aromatic carbocycles. The van der Waals surface area contributed by atoms with Crippen LogP contribution in [0, 0.1) is 0 Å². The molecule has 126 valence electrons. The Morgan fingerprint density at radius 1 is 0.654 bits per heavy atom. The third-order valence-electron chi connectivity index (χ3n) is 4.52. The number of aromatic nitrogens is 2. The van der Waals surface area contributed by atoms with Crippen LogP contribution in [0.25, 0.3) is 11.0 Å². The Labute approximate surface area is 156 Å². The molecule has 0 N–H and O–H groups in total. The molecular formula is C21H15ClN4. The largest absolute Gasteiger partial charge is 0.305 e. The molecule has 0 saturated carbocycles. The molecule has 4 aromatic rings. The lowest BCUT2D eigenvalue weighted by Gasteiger charge is -2.20. The maximum absolute atomic E-state index is 6.16. The van der Waals surface area contributed by atoms with E-state index in [1.54, 1.807) is 0 Å². The van der Waals surface area contributed by atoms with Gasteiger partial charge in [-0.2, -0.15) is 0 Å². The normalized spacial score (nSPS) is 13.3. The van der Waals surface area contributed by atoms with Gasteiger partial charge in [0, 0.05) is 16.4 Å². The summed E-state index contributed by atoms with van der Waals surface area (Å²) in [5.41, 5.74) is 3.81. The Morgan fingerprint density at radius 3 is 1.77 bits per heavy atom. The first-order chi connectivity index (χ1) is 12.8. The fraction of sp³-hybridized carbons (Fsp3) is 0.0476. The summed E-state index contributed by atoms with van der Waals surface area (Å²) in [7, 11) is 0. The number of anilines is 4. The summed E-state index contributed by atoms with van der Waals surface area (Å²) in [4.78, 5) is 14.1. The monoisotopic (exact) mass is 358 g/mol. The van der Waals surface area contributed by atoms with Gasteiger partial charge >= 0.3 is 0 Å². The molecule has 2 heterocycles. The molecule has 0 unspecified atom stereocenters. The summed E-state index contributed by atoms with van der Waals surface area (Å²) in [5, 5.41) is 0.663. The molecule has 0 spiro atoms. The van der Waals surface area contributed by atoms with Crippen LogP contribution in [0.5, 0.6) is 0 Å². The van der Waals surface area contributed by atoms with Crippen LogP contribution in [0.3, 0.4) is 0 Å². The first-order valence-corrected chi connectivity index (χ1v) is 8.80. The Kier molecular flexibility index (Phi) is 3.50. The highest BCUT2D eigenvalue weighted by Gasteiger charge is 2.31. The highest BCUT2D eigenvalue weighted by Crippen LogP contribution is 2.42. The molecule has 0 atom stereocenters. The van der Waals surface area contributed by atoms with Gasteiger partial charge in [0.1, 0.15) is 6.67 Å². The second-order valence-corrected chi connectivity index (χ2v) is 6.61. The lowest BCUT2D eigenvalue weighted by molar-refractivity contribution is 0.977. The molecule has 5 heteroatoms. The predicted molar refractivity (Wildman–Crippen MR) is 107 cm³/mol. The molecule has 26 heavy (non-hydrogen) atoms. The molecule has 1 aliphatic rings. The van der Waals surface area contributed by atoms with E-state index in [2.05, 4.69) is 34.1 Å². The maximum atomic E-state index is 6.16. The summed E-state index contributed by atoms with van der Waals surface area (Å²) < 4.78 is 0. The van der Waals surface area contributed by atoms with Gasteiger partial charge in [-0.25, -0.2) is 9.97 Å². The minimum Gasteiger partial charge on any atom is -0.305 e. The van der Waals surface area contributed by atoms with Crippen LogP contribution in [0.2, 0.25) is 5.02 Å². The Bertz CT molecular complexity index is 1080. The number of halogens is 1. The predicted octanol–water partition coefficient (Wildman–Crippen LogP) is 5.53. The molecular weight excluding hydrogens is 344 g/mol. The number of para-hydroxylation sites is 2. The second-order valence-electron chi connectivity index (χ2n) is 6.17. The van der Waals surface area contributed by atoms with E-state index in [0.717, 1.165) is 34.0 Å². The number of nitrogens with zero attached hydrogens (tertiary/aromatic N) is 4. The SMILES string of the molecule is Clc1ccc2nc3c(nc2c1)N(c1ccccc1)CN3c1ccccc1. The van der Waals surface area contributed by atoms with Gasteiger partial charge in [-0.15, -0.1) is 0 Å². The number of fused-ring (bicyclic) bond motifs is 2. The Morgan fingerprint density at radius 2 is 1.19 bits per heavy atom. The van der Waals surface area contributed by atoms with Crippen LogP contribution in [0.15, 0.2) is 78.9 Å². The minimum atomic E-state index is 0.660. The number of hydrogen-bond donors (Lipinski definition) is 0. The van der Waals surface area contributed by atoms with Crippen molar-refractivity contribution in [2.45, 2.75) is 0 Å². The van der Waals surface area contributed by atoms with Crippen molar-refractivity contribution in [2.75, 3.05) is 16.5 Å². The zero-order valence-corrected chi connectivity index (χ0v) is 14.6. The van der Waals surface area contributed by atoms with Gasteiger partial charge in [0.05, 0.1) is 11.0 Å². The molecule has 0 bridgehead atoms. The summed E-state index contributed by atoms with van der Waals surface area (Å²) in [6.45, 7) is 0.660. The lowest BCUT2D eigenvalue weighted by Crippen LogP contribution is -2.24. The van der Waals surface area contributed by atoms with Gasteiger partial charge in [0.25, 0.3) is 0 Å². The van der Waals surface area contributed by atoms with Crippen molar-refractivity contribution in [1.29, 1.82) is 0 Å². The average molecular weight is 359 g/mol. The van der Waals surface area contributed by atoms with Gasteiger partial charge in [-0.3, -0.25) is 0 Å². The van der Waals surface area contributed by atoms with Gasteiger partial charge in [-0.1, -0.05) is 48.0 Å². The molecule has 1 aliphatic heterocycles. The molecule has 0 amide bonds. The first kappa shape index (κ1) is 15.2. The number of benzene rings is 3. The highest BCUT2D eigenvalue weighted by atomic mass is 35.5. The first-order valence-electron chi connectivity index (χ1n) is 8.42. The fourth-order valence-electron chi connectivity index (χ4n) is 3.27. The van der Waals surface area contributed by atoms with E-state index in [1.165, 1.54) is 0 Å². The van der Waals surface area contributed by atoms with Crippen molar-refractivity contribution in [3.8, 4) is 0 Å². The van der Waals surface area contributed by atoms with Crippen LogP contribution in [-0.4, -0.2) is 16.6 Å². The molecule has 1 aromatic heterocycles. The van der Waals surface area contributed by atoms with Crippen LogP contribution in [-0.2, 0) is 0 Å². The minimum absolute atomic E-state index is 0.660. The molecule has 0 radical (unpaired) electrons.